The van der Waals surface area contributed by atoms with Crippen molar-refractivity contribution >= 4 is 23.4 Å². The molecular formula is C22H18F6N4O2S. The molecule has 0 aliphatic rings. The number of amides is 1. The van der Waals surface area contributed by atoms with E-state index in [-0.39, 0.29) is 36.2 Å². The number of benzene rings is 2. The second kappa shape index (κ2) is 10.8. The fourth-order valence-electron chi connectivity index (χ4n) is 2.86. The van der Waals surface area contributed by atoms with Gasteiger partial charge in [-0.05, 0) is 36.4 Å². The molecule has 13 heteroatoms. The first kappa shape index (κ1) is 26.1. The highest BCUT2D eigenvalue weighted by atomic mass is 32.2. The number of alkyl halides is 6. The molecule has 0 bridgehead atoms. The number of rotatable bonds is 9. The maximum Gasteiger partial charge on any atom is 0.416 e. The van der Waals surface area contributed by atoms with E-state index in [1.807, 2.05) is 0 Å². The number of aromatic nitrogens is 3. The maximum absolute atomic E-state index is 12.9. The molecule has 0 unspecified atom stereocenters. The Balaban J connectivity index is 1.63. The summed E-state index contributed by atoms with van der Waals surface area (Å²) in [4.78, 5) is 12.2. The Kier molecular flexibility index (Phi) is 8.10. The fourth-order valence-corrected chi connectivity index (χ4v) is 3.62. The van der Waals surface area contributed by atoms with Gasteiger partial charge in [0.05, 0.1) is 16.9 Å². The van der Waals surface area contributed by atoms with Crippen molar-refractivity contribution in [3.63, 3.8) is 0 Å². The lowest BCUT2D eigenvalue weighted by molar-refractivity contribution is -0.138. The molecule has 1 heterocycles. The first-order valence-electron chi connectivity index (χ1n) is 9.90. The zero-order valence-electron chi connectivity index (χ0n) is 17.9. The Morgan fingerprint density at radius 1 is 1.03 bits per heavy atom. The summed E-state index contributed by atoms with van der Waals surface area (Å²) in [6.45, 7) is 3.66. The normalized spacial score (nSPS) is 11.8. The van der Waals surface area contributed by atoms with E-state index >= 15 is 0 Å². The first-order valence-corrected chi connectivity index (χ1v) is 10.9. The van der Waals surface area contributed by atoms with Gasteiger partial charge in [0.1, 0.15) is 12.4 Å². The Bertz CT molecular complexity index is 1190. The van der Waals surface area contributed by atoms with Crippen LogP contribution in [0.4, 0.5) is 32.0 Å². The van der Waals surface area contributed by atoms with Crippen molar-refractivity contribution in [1.29, 1.82) is 0 Å². The second-order valence-electron chi connectivity index (χ2n) is 7.03. The van der Waals surface area contributed by atoms with Crippen LogP contribution in [0.3, 0.4) is 0 Å². The van der Waals surface area contributed by atoms with Crippen molar-refractivity contribution in [2.24, 2.45) is 0 Å². The lowest BCUT2D eigenvalue weighted by atomic mass is 10.2. The number of halogens is 6. The van der Waals surface area contributed by atoms with Gasteiger partial charge in [0.2, 0.25) is 5.91 Å². The van der Waals surface area contributed by atoms with Crippen molar-refractivity contribution in [1.82, 2.24) is 14.8 Å². The van der Waals surface area contributed by atoms with E-state index in [9.17, 15) is 31.1 Å². The van der Waals surface area contributed by atoms with Crippen LogP contribution in [0.15, 0.2) is 66.3 Å². The molecule has 1 aromatic heterocycles. The van der Waals surface area contributed by atoms with E-state index in [0.29, 0.717) is 5.16 Å². The van der Waals surface area contributed by atoms with E-state index in [2.05, 4.69) is 22.1 Å². The standard InChI is InChI=1S/C22H18F6N4O2S/c1-2-9-32-18(12-34-17-8-4-6-15(11-17)22(26,27)28)30-31-20(32)35-13-19(33)29-16-7-3-5-14(10-16)21(23,24)25/h2-8,10-11H,1,9,12-13H2,(H,29,33). The highest BCUT2D eigenvalue weighted by molar-refractivity contribution is 7.99. The molecule has 3 rings (SSSR count). The van der Waals surface area contributed by atoms with Crippen LogP contribution < -0.4 is 10.1 Å². The van der Waals surface area contributed by atoms with Crippen molar-refractivity contribution in [3.05, 3.63) is 78.1 Å². The molecule has 0 saturated carbocycles. The Morgan fingerprint density at radius 3 is 2.34 bits per heavy atom. The van der Waals surface area contributed by atoms with Gasteiger partial charge in [-0.3, -0.25) is 9.36 Å². The lowest BCUT2D eigenvalue weighted by Gasteiger charge is -2.11. The first-order chi connectivity index (χ1) is 16.5. The predicted molar refractivity (Wildman–Crippen MR) is 117 cm³/mol. The second-order valence-corrected chi connectivity index (χ2v) is 7.97. The summed E-state index contributed by atoms with van der Waals surface area (Å²) >= 11 is 0.975. The van der Waals surface area contributed by atoms with Crippen molar-refractivity contribution < 1.29 is 35.9 Å². The summed E-state index contributed by atoms with van der Waals surface area (Å²) in [6, 6.07) is 8.61. The Labute approximate surface area is 200 Å². The molecule has 6 nitrogen and oxygen atoms in total. The van der Waals surface area contributed by atoms with Gasteiger partial charge in [0, 0.05) is 12.2 Å². The molecule has 1 N–H and O–H groups in total. The SMILES string of the molecule is C=CCn1c(COc2cccc(C(F)(F)F)c2)nnc1SCC(=O)Nc1cccc(C(F)(F)F)c1. The fraction of sp³-hybridized carbons (Fsp3) is 0.227. The van der Waals surface area contributed by atoms with Gasteiger partial charge in [-0.2, -0.15) is 26.3 Å². The third-order valence-electron chi connectivity index (χ3n) is 4.44. The van der Waals surface area contributed by atoms with Crippen LogP contribution in [0.1, 0.15) is 17.0 Å². The summed E-state index contributed by atoms with van der Waals surface area (Å²) < 4.78 is 84.1. The zero-order chi connectivity index (χ0) is 25.6. The number of carbonyl (C=O) groups excluding carboxylic acids is 1. The molecule has 1 amide bonds. The number of hydrogen-bond donors (Lipinski definition) is 1. The smallest absolute Gasteiger partial charge is 0.416 e. The van der Waals surface area contributed by atoms with Gasteiger partial charge >= 0.3 is 12.4 Å². The van der Waals surface area contributed by atoms with Gasteiger partial charge in [0.25, 0.3) is 0 Å². The van der Waals surface area contributed by atoms with Crippen LogP contribution in [0.25, 0.3) is 0 Å². The van der Waals surface area contributed by atoms with Gasteiger partial charge in [0.15, 0.2) is 11.0 Å². The van der Waals surface area contributed by atoms with Gasteiger partial charge in [-0.1, -0.05) is 30.0 Å². The molecule has 186 valence electrons. The number of hydrogen-bond acceptors (Lipinski definition) is 5. The summed E-state index contributed by atoms with van der Waals surface area (Å²) in [5.74, 6) is -0.477. The van der Waals surface area contributed by atoms with E-state index in [1.165, 1.54) is 30.3 Å². The summed E-state index contributed by atoms with van der Waals surface area (Å²) in [7, 11) is 0. The molecule has 0 fully saturated rings. The van der Waals surface area contributed by atoms with Gasteiger partial charge in [-0.15, -0.1) is 16.8 Å². The lowest BCUT2D eigenvalue weighted by Crippen LogP contribution is -2.15. The molecule has 0 radical (unpaired) electrons. The molecule has 0 aliphatic carbocycles. The maximum atomic E-state index is 12.9. The number of carbonyl (C=O) groups is 1. The average Bonchev–Trinajstić information content (AvgIpc) is 3.17. The highest BCUT2D eigenvalue weighted by Crippen LogP contribution is 2.32. The predicted octanol–water partition coefficient (Wildman–Crippen LogP) is 5.81. The molecule has 35 heavy (non-hydrogen) atoms. The molecule has 0 atom stereocenters. The monoisotopic (exact) mass is 516 g/mol. The van der Waals surface area contributed by atoms with E-state index < -0.39 is 29.4 Å². The minimum Gasteiger partial charge on any atom is -0.486 e. The molecule has 0 aliphatic heterocycles. The van der Waals surface area contributed by atoms with Gasteiger partial charge < -0.3 is 10.1 Å². The summed E-state index contributed by atoms with van der Waals surface area (Å²) in [5.41, 5.74) is -1.75. The van der Waals surface area contributed by atoms with Crippen LogP contribution in [-0.2, 0) is 30.3 Å². The Hall–Kier alpha value is -3.48. The third kappa shape index (κ3) is 7.25. The number of ether oxygens (including phenoxy) is 1. The van der Waals surface area contributed by atoms with Crippen LogP contribution in [-0.4, -0.2) is 26.4 Å². The molecule has 0 saturated heterocycles. The topological polar surface area (TPSA) is 69.0 Å². The van der Waals surface area contributed by atoms with E-state index in [1.54, 1.807) is 4.57 Å². The number of thioether (sulfide) groups is 1. The molecule has 0 spiro atoms. The minimum atomic E-state index is -4.54. The van der Waals surface area contributed by atoms with Crippen molar-refractivity contribution in [2.75, 3.05) is 11.1 Å². The molecular weight excluding hydrogens is 498 g/mol. The van der Waals surface area contributed by atoms with Gasteiger partial charge in [-0.25, -0.2) is 0 Å². The minimum absolute atomic E-state index is 0.00633. The number of allylic oxidation sites excluding steroid dienone is 1. The molecule has 3 aromatic rings. The van der Waals surface area contributed by atoms with Crippen LogP contribution in [0, 0.1) is 0 Å². The van der Waals surface area contributed by atoms with Crippen LogP contribution in [0.5, 0.6) is 5.75 Å². The quantitative estimate of drug-likeness (QED) is 0.221. The van der Waals surface area contributed by atoms with Crippen molar-refractivity contribution in [3.8, 4) is 5.75 Å². The zero-order valence-corrected chi connectivity index (χ0v) is 18.7. The summed E-state index contributed by atoms with van der Waals surface area (Å²) in [6.07, 6.45) is -7.52. The highest BCUT2D eigenvalue weighted by Gasteiger charge is 2.31. The molecule has 2 aromatic carbocycles. The number of nitrogens with zero attached hydrogens (tertiary/aromatic N) is 3. The van der Waals surface area contributed by atoms with Crippen molar-refractivity contribution in [2.45, 2.75) is 30.7 Å². The summed E-state index contributed by atoms with van der Waals surface area (Å²) in [5, 5.41) is 10.6. The average molecular weight is 516 g/mol. The van der Waals surface area contributed by atoms with Crippen LogP contribution >= 0.6 is 11.8 Å². The van der Waals surface area contributed by atoms with Crippen LogP contribution in [0.2, 0.25) is 0 Å². The van der Waals surface area contributed by atoms with E-state index in [0.717, 1.165) is 36.0 Å². The number of anilines is 1. The third-order valence-corrected chi connectivity index (χ3v) is 5.41. The number of nitrogens with one attached hydrogen (secondary N) is 1. The largest absolute Gasteiger partial charge is 0.486 e. The Morgan fingerprint density at radius 2 is 1.69 bits per heavy atom. The van der Waals surface area contributed by atoms with E-state index in [4.69, 9.17) is 4.74 Å².